The van der Waals surface area contributed by atoms with Gasteiger partial charge in [0.15, 0.2) is 0 Å². The van der Waals surface area contributed by atoms with Crippen LogP contribution in [0.25, 0.3) is 0 Å². The first-order valence-electron chi connectivity index (χ1n) is 7.98. The Bertz CT molecular complexity index is 382. The van der Waals surface area contributed by atoms with Crippen molar-refractivity contribution in [3.8, 4) is 0 Å². The van der Waals surface area contributed by atoms with Crippen molar-refractivity contribution in [2.75, 3.05) is 33.5 Å². The van der Waals surface area contributed by atoms with E-state index < -0.39 is 5.97 Å². The second kappa shape index (κ2) is 8.33. The van der Waals surface area contributed by atoms with E-state index in [1.165, 1.54) is 0 Å². The minimum atomic E-state index is -0.724. The standard InChI is InChI=1S/C15H26N2O5/c1-21-8-6-13-10-22-9-7-17(13)15(20)16-12-4-2-11(3-5-12)14(18)19/h11-13H,2-10H2,1H3,(H,16,20)(H,18,19). The third-order valence-electron chi connectivity index (χ3n) is 4.55. The molecule has 0 bridgehead atoms. The van der Waals surface area contributed by atoms with Crippen molar-refractivity contribution in [3.05, 3.63) is 0 Å². The van der Waals surface area contributed by atoms with Gasteiger partial charge in [0.2, 0.25) is 0 Å². The lowest BCUT2D eigenvalue weighted by Gasteiger charge is -2.37. The van der Waals surface area contributed by atoms with Crippen LogP contribution >= 0.6 is 0 Å². The number of aliphatic carboxylic acids is 1. The summed E-state index contributed by atoms with van der Waals surface area (Å²) in [7, 11) is 1.65. The molecule has 1 unspecified atom stereocenters. The first-order valence-corrected chi connectivity index (χ1v) is 7.98. The molecule has 7 nitrogen and oxygen atoms in total. The lowest BCUT2D eigenvalue weighted by Crippen LogP contribution is -2.55. The molecular formula is C15H26N2O5. The van der Waals surface area contributed by atoms with Gasteiger partial charge in [0, 0.05) is 26.3 Å². The molecule has 0 aromatic rings. The molecule has 0 aromatic heterocycles. The second-order valence-corrected chi connectivity index (χ2v) is 6.04. The number of nitrogens with one attached hydrogen (secondary N) is 1. The first-order chi connectivity index (χ1) is 10.6. The summed E-state index contributed by atoms with van der Waals surface area (Å²) >= 11 is 0. The van der Waals surface area contributed by atoms with E-state index in [2.05, 4.69) is 5.32 Å². The van der Waals surface area contributed by atoms with Crippen molar-refractivity contribution in [1.82, 2.24) is 10.2 Å². The molecule has 0 radical (unpaired) electrons. The highest BCUT2D eigenvalue weighted by Gasteiger charge is 2.31. The second-order valence-electron chi connectivity index (χ2n) is 6.04. The minimum absolute atomic E-state index is 0.0454. The summed E-state index contributed by atoms with van der Waals surface area (Å²) in [5.41, 5.74) is 0. The van der Waals surface area contributed by atoms with Gasteiger partial charge < -0.3 is 24.8 Å². The summed E-state index contributed by atoms with van der Waals surface area (Å²) in [4.78, 5) is 25.2. The molecule has 1 aliphatic heterocycles. The lowest BCUT2D eigenvalue weighted by molar-refractivity contribution is -0.142. The minimum Gasteiger partial charge on any atom is -0.481 e. The molecule has 2 fully saturated rings. The van der Waals surface area contributed by atoms with Crippen molar-refractivity contribution in [2.45, 2.75) is 44.2 Å². The molecule has 1 saturated carbocycles. The van der Waals surface area contributed by atoms with E-state index in [1.807, 2.05) is 4.90 Å². The van der Waals surface area contributed by atoms with Gasteiger partial charge in [-0.05, 0) is 32.1 Å². The van der Waals surface area contributed by atoms with E-state index in [0.29, 0.717) is 39.2 Å². The lowest BCUT2D eigenvalue weighted by atomic mass is 9.86. The van der Waals surface area contributed by atoms with E-state index in [0.717, 1.165) is 19.3 Å². The van der Waals surface area contributed by atoms with Gasteiger partial charge in [-0.15, -0.1) is 0 Å². The van der Waals surface area contributed by atoms with Crippen molar-refractivity contribution in [2.24, 2.45) is 5.92 Å². The number of carbonyl (C=O) groups excluding carboxylic acids is 1. The van der Waals surface area contributed by atoms with Crippen LogP contribution in [-0.2, 0) is 14.3 Å². The Morgan fingerprint density at radius 2 is 2.05 bits per heavy atom. The maximum absolute atomic E-state index is 12.5. The largest absolute Gasteiger partial charge is 0.481 e. The van der Waals surface area contributed by atoms with Crippen LogP contribution in [0.1, 0.15) is 32.1 Å². The fraction of sp³-hybridized carbons (Fsp3) is 0.867. The summed E-state index contributed by atoms with van der Waals surface area (Å²) in [6.45, 7) is 2.29. The third kappa shape index (κ3) is 4.58. The molecule has 2 N–H and O–H groups in total. The molecule has 2 aliphatic rings. The predicted octanol–water partition coefficient (Wildman–Crippen LogP) is 1.08. The Balaban J connectivity index is 1.81. The fourth-order valence-electron chi connectivity index (χ4n) is 3.16. The number of morpholine rings is 1. The van der Waals surface area contributed by atoms with E-state index in [-0.39, 0.29) is 24.0 Å². The van der Waals surface area contributed by atoms with Gasteiger partial charge in [-0.3, -0.25) is 4.79 Å². The van der Waals surface area contributed by atoms with Gasteiger partial charge in [0.25, 0.3) is 0 Å². The maximum Gasteiger partial charge on any atom is 0.318 e. The van der Waals surface area contributed by atoms with Crippen molar-refractivity contribution >= 4 is 12.0 Å². The summed E-state index contributed by atoms with van der Waals surface area (Å²) in [5.74, 6) is -0.983. The zero-order chi connectivity index (χ0) is 15.9. The number of hydrogen-bond donors (Lipinski definition) is 2. The molecule has 1 heterocycles. The van der Waals surface area contributed by atoms with E-state index >= 15 is 0 Å². The molecule has 0 spiro atoms. The molecule has 1 saturated heterocycles. The Kier molecular flexibility index (Phi) is 6.45. The Hall–Kier alpha value is -1.34. The van der Waals surface area contributed by atoms with E-state index in [1.54, 1.807) is 7.11 Å². The quantitative estimate of drug-likeness (QED) is 0.793. The first kappa shape index (κ1) is 17.0. The number of carbonyl (C=O) groups is 2. The average Bonchev–Trinajstić information content (AvgIpc) is 2.53. The highest BCUT2D eigenvalue weighted by molar-refractivity contribution is 5.75. The van der Waals surface area contributed by atoms with Crippen molar-refractivity contribution in [1.29, 1.82) is 0 Å². The van der Waals surface area contributed by atoms with Crippen LogP contribution in [0.15, 0.2) is 0 Å². The number of nitrogens with zero attached hydrogens (tertiary/aromatic N) is 1. The molecule has 0 aromatic carbocycles. The van der Waals surface area contributed by atoms with Crippen LogP contribution in [-0.4, -0.2) is 67.6 Å². The molecule has 2 amide bonds. The van der Waals surface area contributed by atoms with Crippen molar-refractivity contribution in [3.63, 3.8) is 0 Å². The highest BCUT2D eigenvalue weighted by Crippen LogP contribution is 2.24. The monoisotopic (exact) mass is 314 g/mol. The molecule has 2 rings (SSSR count). The van der Waals surface area contributed by atoms with E-state index in [9.17, 15) is 9.59 Å². The molecule has 1 atom stereocenters. The smallest absolute Gasteiger partial charge is 0.318 e. The summed E-state index contributed by atoms with van der Waals surface area (Å²) in [6, 6.07) is 0.0567. The number of methoxy groups -OCH3 is 1. The van der Waals surface area contributed by atoms with E-state index in [4.69, 9.17) is 14.6 Å². The van der Waals surface area contributed by atoms with Gasteiger partial charge in [-0.25, -0.2) is 4.79 Å². The van der Waals surface area contributed by atoms with Crippen LogP contribution in [0.2, 0.25) is 0 Å². The van der Waals surface area contributed by atoms with Gasteiger partial charge in [-0.1, -0.05) is 0 Å². The van der Waals surface area contributed by atoms with Gasteiger partial charge in [0.1, 0.15) is 0 Å². The van der Waals surface area contributed by atoms with Crippen LogP contribution in [0.5, 0.6) is 0 Å². The summed E-state index contributed by atoms with van der Waals surface area (Å²) in [6.07, 6.45) is 3.49. The summed E-state index contributed by atoms with van der Waals surface area (Å²) in [5, 5.41) is 12.1. The third-order valence-corrected chi connectivity index (χ3v) is 4.55. The Morgan fingerprint density at radius 3 is 2.68 bits per heavy atom. The number of carboxylic acids is 1. The zero-order valence-corrected chi connectivity index (χ0v) is 13.1. The average molecular weight is 314 g/mol. The number of ether oxygens (including phenoxy) is 2. The summed E-state index contributed by atoms with van der Waals surface area (Å²) < 4.78 is 10.5. The molecule has 7 heteroatoms. The van der Waals surface area contributed by atoms with Crippen LogP contribution in [0.3, 0.4) is 0 Å². The molecular weight excluding hydrogens is 288 g/mol. The normalized spacial score (nSPS) is 29.1. The number of carboxylic acid groups (broad SMARTS) is 1. The van der Waals surface area contributed by atoms with Crippen LogP contribution in [0, 0.1) is 5.92 Å². The predicted molar refractivity (Wildman–Crippen MR) is 79.7 cm³/mol. The molecule has 22 heavy (non-hydrogen) atoms. The number of urea groups is 1. The zero-order valence-electron chi connectivity index (χ0n) is 13.1. The van der Waals surface area contributed by atoms with Gasteiger partial charge in [0.05, 0.1) is 25.2 Å². The highest BCUT2D eigenvalue weighted by atomic mass is 16.5. The molecule has 126 valence electrons. The molecule has 1 aliphatic carbocycles. The maximum atomic E-state index is 12.5. The van der Waals surface area contributed by atoms with Gasteiger partial charge in [-0.2, -0.15) is 0 Å². The van der Waals surface area contributed by atoms with Crippen LogP contribution in [0.4, 0.5) is 4.79 Å². The van der Waals surface area contributed by atoms with Gasteiger partial charge >= 0.3 is 12.0 Å². The fourth-order valence-corrected chi connectivity index (χ4v) is 3.16. The topological polar surface area (TPSA) is 88.1 Å². The van der Waals surface area contributed by atoms with Crippen LogP contribution < -0.4 is 5.32 Å². The number of rotatable bonds is 5. The number of amides is 2. The Labute approximate surface area is 130 Å². The SMILES string of the molecule is COCCC1COCCN1C(=O)NC1CCC(C(=O)O)CC1. The Morgan fingerprint density at radius 1 is 1.32 bits per heavy atom. The number of hydrogen-bond acceptors (Lipinski definition) is 4. The van der Waals surface area contributed by atoms with Crippen molar-refractivity contribution < 1.29 is 24.2 Å².